The van der Waals surface area contributed by atoms with Crippen LogP contribution in [-0.2, 0) is 0 Å². The molecule has 0 aliphatic heterocycles. The molecule has 0 amide bonds. The average Bonchev–Trinajstić information content (AvgIpc) is 2.22. The highest BCUT2D eigenvalue weighted by atomic mass is 14.8. The number of hydrogen-bond donors (Lipinski definition) is 1. The van der Waals surface area contributed by atoms with Crippen LogP contribution in [0, 0.1) is 17.3 Å². The van der Waals surface area contributed by atoms with Crippen LogP contribution in [-0.4, -0.2) is 6.04 Å². The van der Waals surface area contributed by atoms with Crippen LogP contribution in [0.5, 0.6) is 0 Å². The Labute approximate surface area is 57.6 Å². The van der Waals surface area contributed by atoms with E-state index in [4.69, 9.17) is 5.73 Å². The van der Waals surface area contributed by atoms with Crippen molar-refractivity contribution in [2.75, 3.05) is 0 Å². The van der Waals surface area contributed by atoms with Gasteiger partial charge in [0.25, 0.3) is 0 Å². The van der Waals surface area contributed by atoms with E-state index in [-0.39, 0.29) is 0 Å². The summed E-state index contributed by atoms with van der Waals surface area (Å²) in [5, 5.41) is 0. The lowest BCUT2D eigenvalue weighted by Crippen LogP contribution is -2.15. The van der Waals surface area contributed by atoms with Gasteiger partial charge >= 0.3 is 0 Å². The summed E-state index contributed by atoms with van der Waals surface area (Å²) in [6.45, 7) is 9.03. The standard InChI is InChI=1S/C8H17N/c1-5(2)8(4)6(3)7(8)9/h5-7H,9H2,1-4H3. The first kappa shape index (κ1) is 7.07. The van der Waals surface area contributed by atoms with Gasteiger partial charge in [0.05, 0.1) is 0 Å². The molecular weight excluding hydrogens is 110 g/mol. The Bertz CT molecular complexity index is 100. The fraction of sp³-hybridized carbons (Fsp3) is 1.00. The molecule has 1 heteroatoms. The van der Waals surface area contributed by atoms with Crippen molar-refractivity contribution in [3.05, 3.63) is 0 Å². The maximum Gasteiger partial charge on any atom is 0.0130 e. The highest BCUT2D eigenvalue weighted by molar-refractivity contribution is 5.10. The molecule has 54 valence electrons. The molecule has 1 rings (SSSR count). The molecule has 0 aromatic heterocycles. The number of hydrogen-bond acceptors (Lipinski definition) is 1. The Morgan fingerprint density at radius 2 is 1.78 bits per heavy atom. The lowest BCUT2D eigenvalue weighted by atomic mass is 9.92. The first-order valence-corrected chi connectivity index (χ1v) is 3.76. The van der Waals surface area contributed by atoms with Crippen molar-refractivity contribution >= 4 is 0 Å². The third-order valence-corrected chi connectivity index (χ3v) is 3.37. The summed E-state index contributed by atoms with van der Waals surface area (Å²) < 4.78 is 0. The Balaban J connectivity index is 2.60. The van der Waals surface area contributed by atoms with Crippen LogP contribution in [0.4, 0.5) is 0 Å². The lowest BCUT2D eigenvalue weighted by molar-refractivity contribution is 0.357. The predicted molar refractivity (Wildman–Crippen MR) is 40.1 cm³/mol. The Hall–Kier alpha value is -0.0400. The normalized spacial score (nSPS) is 50.0. The highest BCUT2D eigenvalue weighted by Crippen LogP contribution is 2.55. The molecule has 1 fully saturated rings. The van der Waals surface area contributed by atoms with Gasteiger partial charge in [-0.25, -0.2) is 0 Å². The summed E-state index contributed by atoms with van der Waals surface area (Å²) in [4.78, 5) is 0. The van der Waals surface area contributed by atoms with E-state index >= 15 is 0 Å². The van der Waals surface area contributed by atoms with Crippen LogP contribution in [0.15, 0.2) is 0 Å². The molecule has 1 saturated carbocycles. The molecule has 0 aromatic rings. The van der Waals surface area contributed by atoms with Crippen LogP contribution in [0.25, 0.3) is 0 Å². The smallest absolute Gasteiger partial charge is 0.0130 e. The van der Waals surface area contributed by atoms with E-state index in [2.05, 4.69) is 27.7 Å². The third-order valence-electron chi connectivity index (χ3n) is 3.37. The summed E-state index contributed by atoms with van der Waals surface area (Å²) in [7, 11) is 0. The Morgan fingerprint density at radius 3 is 1.78 bits per heavy atom. The minimum Gasteiger partial charge on any atom is -0.327 e. The maximum atomic E-state index is 5.85. The van der Waals surface area contributed by atoms with E-state index in [1.165, 1.54) is 0 Å². The van der Waals surface area contributed by atoms with Gasteiger partial charge in [0, 0.05) is 6.04 Å². The van der Waals surface area contributed by atoms with Gasteiger partial charge < -0.3 is 5.73 Å². The van der Waals surface area contributed by atoms with Gasteiger partial charge in [-0.05, 0) is 17.3 Å². The molecule has 0 bridgehead atoms. The second-order valence-electron chi connectivity index (χ2n) is 3.84. The molecule has 0 heterocycles. The fourth-order valence-corrected chi connectivity index (χ4v) is 1.70. The van der Waals surface area contributed by atoms with E-state index < -0.39 is 0 Å². The van der Waals surface area contributed by atoms with E-state index in [1.807, 2.05) is 0 Å². The second kappa shape index (κ2) is 1.72. The third kappa shape index (κ3) is 0.710. The number of nitrogens with two attached hydrogens (primary N) is 1. The van der Waals surface area contributed by atoms with Gasteiger partial charge in [-0.15, -0.1) is 0 Å². The van der Waals surface area contributed by atoms with E-state index in [0.29, 0.717) is 11.5 Å². The Morgan fingerprint density at radius 1 is 1.44 bits per heavy atom. The fourth-order valence-electron chi connectivity index (χ4n) is 1.70. The van der Waals surface area contributed by atoms with Crippen LogP contribution >= 0.6 is 0 Å². The molecule has 9 heavy (non-hydrogen) atoms. The van der Waals surface area contributed by atoms with Gasteiger partial charge in [0.2, 0.25) is 0 Å². The molecule has 1 aliphatic carbocycles. The van der Waals surface area contributed by atoms with Crippen LogP contribution in [0.2, 0.25) is 0 Å². The van der Waals surface area contributed by atoms with E-state index in [9.17, 15) is 0 Å². The van der Waals surface area contributed by atoms with Crippen LogP contribution in [0.1, 0.15) is 27.7 Å². The van der Waals surface area contributed by atoms with Gasteiger partial charge in [-0.3, -0.25) is 0 Å². The SMILES string of the molecule is CC(C)C1(C)C(C)C1N. The van der Waals surface area contributed by atoms with Crippen LogP contribution in [0.3, 0.4) is 0 Å². The molecule has 3 atom stereocenters. The van der Waals surface area contributed by atoms with Gasteiger partial charge in [0.1, 0.15) is 0 Å². The van der Waals surface area contributed by atoms with Crippen LogP contribution < -0.4 is 5.73 Å². The van der Waals surface area contributed by atoms with Crippen molar-refractivity contribution in [1.82, 2.24) is 0 Å². The summed E-state index contributed by atoms with van der Waals surface area (Å²) >= 11 is 0. The largest absolute Gasteiger partial charge is 0.327 e. The summed E-state index contributed by atoms with van der Waals surface area (Å²) in [6, 6.07) is 0.456. The van der Waals surface area contributed by atoms with Gasteiger partial charge in [-0.1, -0.05) is 27.7 Å². The molecule has 0 spiro atoms. The molecule has 0 saturated heterocycles. The Kier molecular flexibility index (Phi) is 1.35. The van der Waals surface area contributed by atoms with E-state index in [1.54, 1.807) is 0 Å². The molecule has 3 unspecified atom stereocenters. The topological polar surface area (TPSA) is 26.0 Å². The van der Waals surface area contributed by atoms with Crippen molar-refractivity contribution < 1.29 is 0 Å². The van der Waals surface area contributed by atoms with E-state index in [0.717, 1.165) is 11.8 Å². The summed E-state index contributed by atoms with van der Waals surface area (Å²) in [5.74, 6) is 1.47. The molecule has 1 aliphatic rings. The maximum absolute atomic E-state index is 5.85. The molecule has 1 nitrogen and oxygen atoms in total. The summed E-state index contributed by atoms with van der Waals surface area (Å²) in [6.07, 6.45) is 0. The zero-order valence-electron chi connectivity index (χ0n) is 6.81. The number of rotatable bonds is 1. The predicted octanol–water partition coefficient (Wildman–Crippen LogP) is 1.63. The second-order valence-corrected chi connectivity index (χ2v) is 3.84. The minimum atomic E-state index is 0.444. The summed E-state index contributed by atoms with van der Waals surface area (Å²) in [5.41, 5.74) is 6.29. The lowest BCUT2D eigenvalue weighted by Gasteiger charge is -2.14. The quantitative estimate of drug-likeness (QED) is 0.569. The highest BCUT2D eigenvalue weighted by Gasteiger charge is 2.57. The first-order chi connectivity index (χ1) is 4.01. The molecule has 2 N–H and O–H groups in total. The van der Waals surface area contributed by atoms with Gasteiger partial charge in [-0.2, -0.15) is 0 Å². The van der Waals surface area contributed by atoms with Crippen molar-refractivity contribution in [1.29, 1.82) is 0 Å². The molecular formula is C8H17N. The average molecular weight is 127 g/mol. The zero-order valence-corrected chi connectivity index (χ0v) is 6.81. The van der Waals surface area contributed by atoms with Gasteiger partial charge in [0.15, 0.2) is 0 Å². The first-order valence-electron chi connectivity index (χ1n) is 3.76. The molecule has 0 aromatic carbocycles. The minimum absolute atomic E-state index is 0.444. The van der Waals surface area contributed by atoms with Crippen molar-refractivity contribution in [3.8, 4) is 0 Å². The van der Waals surface area contributed by atoms with Crippen molar-refractivity contribution in [2.24, 2.45) is 23.0 Å². The molecule has 0 radical (unpaired) electrons. The van der Waals surface area contributed by atoms with Crippen molar-refractivity contribution in [2.45, 2.75) is 33.7 Å². The van der Waals surface area contributed by atoms with Crippen molar-refractivity contribution in [3.63, 3.8) is 0 Å². The zero-order chi connectivity index (χ0) is 7.23. The monoisotopic (exact) mass is 127 g/mol.